The highest BCUT2D eigenvalue weighted by molar-refractivity contribution is 7.89. The van der Waals surface area contributed by atoms with Crippen LogP contribution in [0.15, 0.2) is 70.0 Å². The number of thiazole rings is 1. The fourth-order valence-corrected chi connectivity index (χ4v) is 8.66. The minimum absolute atomic E-state index is 0.0484. The van der Waals surface area contributed by atoms with E-state index in [-0.39, 0.29) is 49.3 Å². The van der Waals surface area contributed by atoms with Crippen molar-refractivity contribution in [1.29, 1.82) is 0 Å². The number of carbonyl (C=O) groups excluding carboxylic acids is 2. The van der Waals surface area contributed by atoms with Gasteiger partial charge in [0.15, 0.2) is 0 Å². The van der Waals surface area contributed by atoms with Crippen LogP contribution in [-0.2, 0) is 45.7 Å². The van der Waals surface area contributed by atoms with Gasteiger partial charge in [-0.15, -0.1) is 11.3 Å². The first-order valence-electron chi connectivity index (χ1n) is 17.8. The summed E-state index contributed by atoms with van der Waals surface area (Å²) in [5.74, 6) is -0.590. The predicted molar refractivity (Wildman–Crippen MR) is 201 cm³/mol. The third kappa shape index (κ3) is 11.6. The molecule has 3 amide bonds. The SMILES string of the molecule is CC[C@H](C)[C@H](NC(=O)N(C)Cc1csc(COC)n1)C(=O)N[C@@H](Cc1ccccc1)[C@H](O)CN(CC1CCCC1)S(=O)(=O)c1ccc(CN=O)cc1. The van der Waals surface area contributed by atoms with Crippen molar-refractivity contribution < 1.29 is 27.9 Å². The van der Waals surface area contributed by atoms with Crippen LogP contribution in [0.4, 0.5) is 4.79 Å². The zero-order valence-corrected chi connectivity index (χ0v) is 32.1. The van der Waals surface area contributed by atoms with E-state index in [9.17, 15) is 28.0 Å². The first kappa shape index (κ1) is 41.0. The van der Waals surface area contributed by atoms with Crippen LogP contribution in [0.5, 0.6) is 0 Å². The maximum Gasteiger partial charge on any atom is 0.318 e. The van der Waals surface area contributed by atoms with Crippen molar-refractivity contribution >= 4 is 33.3 Å². The van der Waals surface area contributed by atoms with Crippen molar-refractivity contribution in [2.24, 2.45) is 17.0 Å². The molecular formula is C37H52N6O7S2. The molecule has 1 aromatic heterocycles. The molecule has 52 heavy (non-hydrogen) atoms. The van der Waals surface area contributed by atoms with E-state index in [1.807, 2.05) is 49.6 Å². The monoisotopic (exact) mass is 756 g/mol. The highest BCUT2D eigenvalue weighted by atomic mass is 32.2. The Balaban J connectivity index is 1.55. The van der Waals surface area contributed by atoms with Gasteiger partial charge in [0.1, 0.15) is 17.6 Å². The Kier molecular flexibility index (Phi) is 15.7. The molecule has 3 N–H and O–H groups in total. The Labute approximate surface area is 311 Å². The van der Waals surface area contributed by atoms with Gasteiger partial charge in [0.05, 0.1) is 35.9 Å². The molecule has 0 bridgehead atoms. The molecule has 1 aliphatic rings. The van der Waals surface area contributed by atoms with Crippen LogP contribution in [0.3, 0.4) is 0 Å². The van der Waals surface area contributed by atoms with E-state index >= 15 is 0 Å². The topological polar surface area (TPSA) is 171 Å². The number of urea groups is 1. The van der Waals surface area contributed by atoms with Gasteiger partial charge >= 0.3 is 6.03 Å². The van der Waals surface area contributed by atoms with Gasteiger partial charge in [-0.25, -0.2) is 18.2 Å². The molecule has 1 heterocycles. The average molecular weight is 757 g/mol. The van der Waals surface area contributed by atoms with Crippen molar-refractivity contribution in [3.63, 3.8) is 0 Å². The van der Waals surface area contributed by atoms with Crippen LogP contribution in [-0.4, -0.2) is 85.1 Å². The first-order valence-corrected chi connectivity index (χ1v) is 20.1. The van der Waals surface area contributed by atoms with E-state index in [1.165, 1.54) is 32.7 Å². The number of aromatic nitrogens is 1. The molecule has 1 aliphatic carbocycles. The van der Waals surface area contributed by atoms with Crippen molar-refractivity contribution in [2.45, 2.75) is 95.2 Å². The van der Waals surface area contributed by atoms with Gasteiger partial charge in [-0.05, 0) is 54.4 Å². The first-order chi connectivity index (χ1) is 24.9. The number of rotatable bonds is 20. The maximum atomic E-state index is 14.1. The molecular weight excluding hydrogens is 705 g/mol. The van der Waals surface area contributed by atoms with Crippen molar-refractivity contribution in [2.75, 3.05) is 27.2 Å². The number of aliphatic hydroxyl groups is 1. The number of sulfonamides is 1. The molecule has 13 nitrogen and oxygen atoms in total. The van der Waals surface area contributed by atoms with Gasteiger partial charge in [-0.2, -0.15) is 9.21 Å². The second-order valence-electron chi connectivity index (χ2n) is 13.6. The fourth-order valence-electron chi connectivity index (χ4n) is 6.37. The van der Waals surface area contributed by atoms with Gasteiger partial charge in [-0.3, -0.25) is 4.79 Å². The number of ether oxygens (including phenoxy) is 1. The lowest BCUT2D eigenvalue weighted by atomic mass is 9.96. The summed E-state index contributed by atoms with van der Waals surface area (Å²) in [6.45, 7) is 4.32. The van der Waals surface area contributed by atoms with Crippen molar-refractivity contribution in [3.05, 3.63) is 86.7 Å². The molecule has 1 saturated carbocycles. The maximum absolute atomic E-state index is 14.1. The number of amides is 3. The van der Waals surface area contributed by atoms with E-state index in [4.69, 9.17) is 4.74 Å². The van der Waals surface area contributed by atoms with Gasteiger partial charge < -0.3 is 25.4 Å². The van der Waals surface area contributed by atoms with E-state index in [0.29, 0.717) is 24.3 Å². The van der Waals surface area contributed by atoms with Crippen molar-refractivity contribution in [1.82, 2.24) is 24.8 Å². The average Bonchev–Trinajstić information content (AvgIpc) is 3.82. The molecule has 0 unspecified atom stereocenters. The Morgan fingerprint density at radius 3 is 2.40 bits per heavy atom. The molecule has 0 aliphatic heterocycles. The predicted octanol–water partition coefficient (Wildman–Crippen LogP) is 5.08. The lowest BCUT2D eigenvalue weighted by Gasteiger charge is -2.33. The summed E-state index contributed by atoms with van der Waals surface area (Å²) in [7, 11) is -0.837. The summed E-state index contributed by atoms with van der Waals surface area (Å²) in [5, 5.41) is 23.3. The molecule has 15 heteroatoms. The molecule has 284 valence electrons. The van der Waals surface area contributed by atoms with Gasteiger partial charge in [0.25, 0.3) is 0 Å². The Morgan fingerprint density at radius 2 is 1.77 bits per heavy atom. The van der Waals surface area contributed by atoms with E-state index < -0.39 is 40.1 Å². The highest BCUT2D eigenvalue weighted by Gasteiger charge is 2.35. The van der Waals surface area contributed by atoms with Crippen LogP contribution >= 0.6 is 11.3 Å². The zero-order valence-electron chi connectivity index (χ0n) is 30.4. The Hall–Kier alpha value is -3.76. The summed E-state index contributed by atoms with van der Waals surface area (Å²) < 4.78 is 34.7. The van der Waals surface area contributed by atoms with Gasteiger partial charge in [0, 0.05) is 32.6 Å². The standard InChI is InChI=1S/C37H52N6O7S2/c1-5-26(2)35(41-37(46)42(3)22-30-25-51-34(39-30)24-50-4)36(45)40-32(19-27-11-7-6-8-12-27)33(44)23-43(21-29-13-9-10-14-29)52(48,49)31-17-15-28(16-18-31)20-38-47/h6-8,11-12,15-18,25-26,29,32-33,35,44H,5,9-10,13-14,19-24H2,1-4H3,(H,40,45)(H,41,46)/t26-,32-,33+,35-/m0/s1. The Morgan fingerprint density at radius 1 is 1.08 bits per heavy atom. The summed E-state index contributed by atoms with van der Waals surface area (Å²) in [6.07, 6.45) is 3.33. The number of hydrogen-bond acceptors (Lipinski definition) is 10. The Bertz CT molecular complexity index is 1680. The summed E-state index contributed by atoms with van der Waals surface area (Å²) in [5.41, 5.74) is 2.14. The number of benzene rings is 2. The van der Waals surface area contributed by atoms with Crippen LogP contribution in [0.2, 0.25) is 0 Å². The minimum atomic E-state index is -4.06. The number of carbonyl (C=O) groups is 2. The van der Waals surface area contributed by atoms with E-state index in [0.717, 1.165) is 36.3 Å². The van der Waals surface area contributed by atoms with Crippen LogP contribution in [0.1, 0.15) is 67.8 Å². The number of nitroso groups, excluding NO2 is 1. The van der Waals surface area contributed by atoms with Crippen LogP contribution in [0.25, 0.3) is 0 Å². The van der Waals surface area contributed by atoms with E-state index in [2.05, 4.69) is 20.8 Å². The molecule has 4 atom stereocenters. The van der Waals surface area contributed by atoms with Crippen LogP contribution in [0, 0.1) is 16.7 Å². The second kappa shape index (κ2) is 19.9. The zero-order chi connectivity index (χ0) is 37.7. The van der Waals surface area contributed by atoms with Gasteiger partial charge in [-0.1, -0.05) is 80.8 Å². The molecule has 1 fully saturated rings. The van der Waals surface area contributed by atoms with Gasteiger partial charge in [0.2, 0.25) is 15.9 Å². The summed E-state index contributed by atoms with van der Waals surface area (Å²) in [6, 6.07) is 13.1. The normalized spacial score (nSPS) is 15.9. The number of hydrogen-bond donors (Lipinski definition) is 3. The molecule has 4 rings (SSSR count). The molecule has 0 radical (unpaired) electrons. The largest absolute Gasteiger partial charge is 0.390 e. The van der Waals surface area contributed by atoms with Crippen molar-refractivity contribution in [3.8, 4) is 0 Å². The summed E-state index contributed by atoms with van der Waals surface area (Å²) >= 11 is 1.44. The molecule has 3 aromatic rings. The molecule has 2 aromatic carbocycles. The molecule has 0 spiro atoms. The quantitative estimate of drug-likeness (QED) is 0.134. The molecule has 0 saturated heterocycles. The minimum Gasteiger partial charge on any atom is -0.390 e. The smallest absolute Gasteiger partial charge is 0.318 e. The third-order valence-corrected chi connectivity index (χ3v) is 12.3. The fraction of sp³-hybridized carbons (Fsp3) is 0.541. The lowest BCUT2D eigenvalue weighted by molar-refractivity contribution is -0.125. The number of nitrogens with zero attached hydrogens (tertiary/aromatic N) is 4. The van der Waals surface area contributed by atoms with E-state index in [1.54, 1.807) is 26.3 Å². The third-order valence-electron chi connectivity index (χ3n) is 9.61. The highest BCUT2D eigenvalue weighted by Crippen LogP contribution is 2.28. The number of methoxy groups -OCH3 is 1. The number of nitrogens with one attached hydrogen (secondary N) is 2. The van der Waals surface area contributed by atoms with Crippen LogP contribution < -0.4 is 10.6 Å². The summed E-state index contributed by atoms with van der Waals surface area (Å²) in [4.78, 5) is 44.2. The second-order valence-corrected chi connectivity index (χ2v) is 16.5. The lowest BCUT2D eigenvalue weighted by Crippen LogP contribution is -2.58. The number of aliphatic hydroxyl groups excluding tert-OH is 1.